The quantitative estimate of drug-likeness (QED) is 0.862. The number of aryl methyl sites for hydroxylation is 1. The molecule has 4 nitrogen and oxygen atoms in total. The van der Waals surface area contributed by atoms with E-state index in [2.05, 4.69) is 31.4 Å². The van der Waals surface area contributed by atoms with Gasteiger partial charge in [0.25, 0.3) is 0 Å². The Hall–Kier alpha value is -1.27. The van der Waals surface area contributed by atoms with Gasteiger partial charge in [0.15, 0.2) is 5.82 Å². The van der Waals surface area contributed by atoms with Crippen LogP contribution in [0.5, 0.6) is 0 Å². The first kappa shape index (κ1) is 13.2. The van der Waals surface area contributed by atoms with Gasteiger partial charge in [0.2, 0.25) is 5.89 Å². The van der Waals surface area contributed by atoms with Crippen LogP contribution in [0.25, 0.3) is 0 Å². The van der Waals surface area contributed by atoms with Crippen LogP contribution in [0.15, 0.2) is 27.2 Å². The van der Waals surface area contributed by atoms with Crippen molar-refractivity contribution in [2.45, 2.75) is 19.9 Å². The van der Waals surface area contributed by atoms with Crippen LogP contribution in [0.2, 0.25) is 0 Å². The minimum Gasteiger partial charge on any atom is -0.340 e. The predicted molar refractivity (Wildman–Crippen MR) is 68.5 cm³/mol. The Labute approximate surface area is 113 Å². The summed E-state index contributed by atoms with van der Waals surface area (Å²) in [5.41, 5.74) is 0.888. The van der Waals surface area contributed by atoms with E-state index >= 15 is 0 Å². The molecule has 6 heteroatoms. The van der Waals surface area contributed by atoms with E-state index in [1.54, 1.807) is 13.0 Å². The molecular formula is C12H13BrFN3O. The van der Waals surface area contributed by atoms with Crippen molar-refractivity contribution in [1.29, 1.82) is 0 Å². The molecule has 96 valence electrons. The highest BCUT2D eigenvalue weighted by atomic mass is 79.9. The van der Waals surface area contributed by atoms with Gasteiger partial charge in [0, 0.05) is 26.4 Å². The van der Waals surface area contributed by atoms with Crippen molar-refractivity contribution < 1.29 is 8.91 Å². The summed E-state index contributed by atoms with van der Waals surface area (Å²) in [6.07, 6.45) is 0.685. The summed E-state index contributed by atoms with van der Waals surface area (Å²) in [6, 6.07) is 4.99. The zero-order valence-electron chi connectivity index (χ0n) is 9.91. The molecule has 0 atom stereocenters. The molecule has 1 heterocycles. The second-order valence-electron chi connectivity index (χ2n) is 3.87. The van der Waals surface area contributed by atoms with Crippen LogP contribution in [0.1, 0.15) is 17.3 Å². The topological polar surface area (TPSA) is 51.0 Å². The van der Waals surface area contributed by atoms with E-state index in [0.29, 0.717) is 35.7 Å². The molecule has 0 saturated heterocycles. The normalized spacial score (nSPS) is 10.8. The first-order chi connectivity index (χ1) is 8.66. The maximum absolute atomic E-state index is 13.2. The SMILES string of the molecule is Cc1nc(CCNCc2cccc(F)c2Br)no1. The molecule has 0 aliphatic rings. The molecule has 0 bridgehead atoms. The Morgan fingerprint density at radius 1 is 1.44 bits per heavy atom. The molecule has 2 rings (SSSR count). The smallest absolute Gasteiger partial charge is 0.223 e. The van der Waals surface area contributed by atoms with Crippen LogP contribution in [0.4, 0.5) is 4.39 Å². The van der Waals surface area contributed by atoms with Gasteiger partial charge < -0.3 is 9.84 Å². The number of benzene rings is 1. The lowest BCUT2D eigenvalue weighted by molar-refractivity contribution is 0.387. The third kappa shape index (κ3) is 3.36. The molecular weight excluding hydrogens is 301 g/mol. The van der Waals surface area contributed by atoms with E-state index in [-0.39, 0.29) is 5.82 Å². The van der Waals surface area contributed by atoms with Crippen LogP contribution in [0, 0.1) is 12.7 Å². The minimum atomic E-state index is -0.247. The maximum Gasteiger partial charge on any atom is 0.223 e. The largest absolute Gasteiger partial charge is 0.340 e. The highest BCUT2D eigenvalue weighted by molar-refractivity contribution is 9.10. The summed E-state index contributed by atoms with van der Waals surface area (Å²) < 4.78 is 18.6. The van der Waals surface area contributed by atoms with Gasteiger partial charge in [0.05, 0.1) is 4.47 Å². The Kier molecular flexibility index (Phi) is 4.43. The lowest BCUT2D eigenvalue weighted by atomic mass is 10.2. The van der Waals surface area contributed by atoms with Crippen LogP contribution in [-0.4, -0.2) is 16.7 Å². The third-order valence-electron chi connectivity index (χ3n) is 2.44. The van der Waals surface area contributed by atoms with Gasteiger partial charge in [-0.25, -0.2) is 4.39 Å². The van der Waals surface area contributed by atoms with Gasteiger partial charge in [0.1, 0.15) is 5.82 Å². The van der Waals surface area contributed by atoms with Gasteiger partial charge >= 0.3 is 0 Å². The highest BCUT2D eigenvalue weighted by Gasteiger charge is 2.05. The molecule has 0 radical (unpaired) electrons. The fourth-order valence-electron chi connectivity index (χ4n) is 1.55. The molecule has 2 aromatic rings. The fraction of sp³-hybridized carbons (Fsp3) is 0.333. The first-order valence-electron chi connectivity index (χ1n) is 5.59. The van der Waals surface area contributed by atoms with E-state index in [1.165, 1.54) is 6.07 Å². The Morgan fingerprint density at radius 3 is 3.00 bits per heavy atom. The summed E-state index contributed by atoms with van der Waals surface area (Å²) in [5, 5.41) is 7.01. The van der Waals surface area contributed by atoms with Crippen molar-refractivity contribution >= 4 is 15.9 Å². The molecule has 1 N–H and O–H groups in total. The van der Waals surface area contributed by atoms with Gasteiger partial charge in [-0.1, -0.05) is 17.3 Å². The predicted octanol–water partition coefficient (Wildman–Crippen LogP) is 2.61. The Morgan fingerprint density at radius 2 is 2.28 bits per heavy atom. The van der Waals surface area contributed by atoms with Crippen LogP contribution >= 0.6 is 15.9 Å². The standard InChI is InChI=1S/C12H13BrFN3O/c1-8-16-11(17-18-8)5-6-15-7-9-3-2-4-10(14)12(9)13/h2-4,15H,5-7H2,1H3. The molecule has 1 aromatic heterocycles. The molecule has 18 heavy (non-hydrogen) atoms. The Balaban J connectivity index is 1.80. The van der Waals surface area contributed by atoms with Crippen LogP contribution in [0.3, 0.4) is 0 Å². The fourth-order valence-corrected chi connectivity index (χ4v) is 1.96. The highest BCUT2D eigenvalue weighted by Crippen LogP contribution is 2.19. The number of nitrogens with zero attached hydrogens (tertiary/aromatic N) is 2. The summed E-state index contributed by atoms with van der Waals surface area (Å²) in [5.74, 6) is 0.999. The van der Waals surface area contributed by atoms with Crippen molar-refractivity contribution in [3.05, 3.63) is 45.8 Å². The number of halogens is 2. The van der Waals surface area contributed by atoms with Crippen LogP contribution in [-0.2, 0) is 13.0 Å². The second-order valence-corrected chi connectivity index (χ2v) is 4.66. The van der Waals surface area contributed by atoms with Crippen LogP contribution < -0.4 is 5.32 Å². The third-order valence-corrected chi connectivity index (χ3v) is 3.33. The lowest BCUT2D eigenvalue weighted by Crippen LogP contribution is -2.17. The minimum absolute atomic E-state index is 0.247. The average Bonchev–Trinajstić information content (AvgIpc) is 2.76. The van der Waals surface area contributed by atoms with Crippen molar-refractivity contribution in [2.24, 2.45) is 0 Å². The summed E-state index contributed by atoms with van der Waals surface area (Å²) >= 11 is 3.23. The van der Waals surface area contributed by atoms with E-state index < -0.39 is 0 Å². The zero-order valence-corrected chi connectivity index (χ0v) is 11.5. The molecule has 0 saturated carbocycles. The van der Waals surface area contributed by atoms with Gasteiger partial charge in [-0.2, -0.15) is 4.98 Å². The molecule has 0 aliphatic heterocycles. The number of rotatable bonds is 5. The van der Waals surface area contributed by atoms with Gasteiger partial charge in [-0.3, -0.25) is 0 Å². The summed E-state index contributed by atoms with van der Waals surface area (Å²) in [4.78, 5) is 4.10. The van der Waals surface area contributed by atoms with E-state index in [0.717, 1.165) is 5.56 Å². The van der Waals surface area contributed by atoms with E-state index in [9.17, 15) is 4.39 Å². The molecule has 0 unspecified atom stereocenters. The van der Waals surface area contributed by atoms with Crippen molar-refractivity contribution in [3.8, 4) is 0 Å². The molecule has 0 fully saturated rings. The van der Waals surface area contributed by atoms with E-state index in [1.807, 2.05) is 6.07 Å². The van der Waals surface area contributed by atoms with Crippen molar-refractivity contribution in [3.63, 3.8) is 0 Å². The number of aromatic nitrogens is 2. The lowest BCUT2D eigenvalue weighted by Gasteiger charge is -2.06. The maximum atomic E-state index is 13.2. The molecule has 0 spiro atoms. The zero-order chi connectivity index (χ0) is 13.0. The monoisotopic (exact) mass is 313 g/mol. The van der Waals surface area contributed by atoms with Gasteiger partial charge in [-0.05, 0) is 27.6 Å². The molecule has 1 aromatic carbocycles. The Bertz CT molecular complexity index is 530. The van der Waals surface area contributed by atoms with Crippen molar-refractivity contribution in [1.82, 2.24) is 15.5 Å². The average molecular weight is 314 g/mol. The van der Waals surface area contributed by atoms with Crippen molar-refractivity contribution in [2.75, 3.05) is 6.54 Å². The number of hydrogen-bond acceptors (Lipinski definition) is 4. The number of hydrogen-bond donors (Lipinski definition) is 1. The molecule has 0 aliphatic carbocycles. The first-order valence-corrected chi connectivity index (χ1v) is 6.39. The molecule has 0 amide bonds. The van der Waals surface area contributed by atoms with E-state index in [4.69, 9.17) is 4.52 Å². The second kappa shape index (κ2) is 6.06. The summed E-state index contributed by atoms with van der Waals surface area (Å²) in [6.45, 7) is 3.06. The summed E-state index contributed by atoms with van der Waals surface area (Å²) in [7, 11) is 0. The number of nitrogens with one attached hydrogen (secondary N) is 1. The van der Waals surface area contributed by atoms with Gasteiger partial charge in [-0.15, -0.1) is 0 Å².